The van der Waals surface area contributed by atoms with Crippen LogP contribution in [-0.2, 0) is 11.3 Å². The molecule has 0 bridgehead atoms. The molecule has 1 saturated heterocycles. The van der Waals surface area contributed by atoms with Gasteiger partial charge in [0.25, 0.3) is 0 Å². The molecule has 0 spiro atoms. The third-order valence-corrected chi connectivity index (χ3v) is 4.10. The maximum Gasteiger partial charge on any atom is 0.417 e. The number of halogens is 3. The number of alkyl halides is 3. The number of benzene rings is 1. The van der Waals surface area contributed by atoms with E-state index in [1.807, 2.05) is 30.3 Å². The summed E-state index contributed by atoms with van der Waals surface area (Å²) in [6, 6.07) is 9.51. The number of nitrogens with zero attached hydrogens (tertiary/aromatic N) is 1. The molecule has 0 amide bonds. The fourth-order valence-electron chi connectivity index (χ4n) is 2.63. The van der Waals surface area contributed by atoms with Crippen LogP contribution in [0.5, 0.6) is 0 Å². The van der Waals surface area contributed by atoms with E-state index in [1.54, 1.807) is 4.90 Å². The summed E-state index contributed by atoms with van der Waals surface area (Å²) in [4.78, 5) is 1.72. The fourth-order valence-corrected chi connectivity index (χ4v) is 2.63. The highest BCUT2D eigenvalue weighted by Gasteiger charge is 2.54. The maximum absolute atomic E-state index is 12.7. The fraction of sp³-hybridized carbons (Fsp3) is 0.625. The smallest absolute Gasteiger partial charge is 0.389 e. The number of hydrogen-bond donors (Lipinski definition) is 2. The third-order valence-electron chi connectivity index (χ3n) is 4.10. The topological polar surface area (TPSA) is 52.9 Å². The highest BCUT2D eigenvalue weighted by atomic mass is 19.4. The highest BCUT2D eigenvalue weighted by molar-refractivity contribution is 5.13. The Bertz CT molecular complexity index is 473. The van der Waals surface area contributed by atoms with Gasteiger partial charge in [-0.1, -0.05) is 30.3 Å². The molecule has 23 heavy (non-hydrogen) atoms. The SMILES string of the molecule is OC(COCc1ccccc1)CN1CCC(O)(C(F)(F)F)CC1. The second-order valence-corrected chi connectivity index (χ2v) is 5.98. The van der Waals surface area contributed by atoms with Gasteiger partial charge in [0.1, 0.15) is 0 Å². The molecule has 1 aliphatic heterocycles. The van der Waals surface area contributed by atoms with Crippen LogP contribution >= 0.6 is 0 Å². The van der Waals surface area contributed by atoms with E-state index < -0.39 is 17.9 Å². The second kappa shape index (κ2) is 7.61. The lowest BCUT2D eigenvalue weighted by molar-refractivity contribution is -0.273. The minimum atomic E-state index is -4.60. The van der Waals surface area contributed by atoms with Crippen LogP contribution in [0.2, 0.25) is 0 Å². The normalized spacial score (nSPS) is 20.4. The van der Waals surface area contributed by atoms with E-state index in [0.29, 0.717) is 6.61 Å². The van der Waals surface area contributed by atoms with Gasteiger partial charge >= 0.3 is 6.18 Å². The lowest BCUT2D eigenvalue weighted by Gasteiger charge is -2.39. The number of aliphatic hydroxyl groups is 2. The van der Waals surface area contributed by atoms with Crippen LogP contribution in [-0.4, -0.2) is 59.2 Å². The van der Waals surface area contributed by atoms with Gasteiger partial charge in [0.05, 0.1) is 19.3 Å². The Morgan fingerprint density at radius 2 is 1.78 bits per heavy atom. The van der Waals surface area contributed by atoms with Gasteiger partial charge in [0.2, 0.25) is 0 Å². The number of ether oxygens (including phenoxy) is 1. The lowest BCUT2D eigenvalue weighted by Crippen LogP contribution is -2.54. The van der Waals surface area contributed by atoms with Crippen molar-refractivity contribution >= 4 is 0 Å². The second-order valence-electron chi connectivity index (χ2n) is 5.98. The van der Waals surface area contributed by atoms with Crippen molar-refractivity contribution in [1.82, 2.24) is 4.90 Å². The Kier molecular flexibility index (Phi) is 6.02. The number of piperidine rings is 1. The molecule has 1 unspecified atom stereocenters. The molecule has 0 radical (unpaired) electrons. The molecule has 1 fully saturated rings. The zero-order valence-electron chi connectivity index (χ0n) is 12.8. The van der Waals surface area contributed by atoms with Crippen LogP contribution in [0.25, 0.3) is 0 Å². The molecule has 0 saturated carbocycles. The molecule has 1 aliphatic rings. The Balaban J connectivity index is 1.68. The first-order chi connectivity index (χ1) is 10.8. The first-order valence-electron chi connectivity index (χ1n) is 7.61. The Morgan fingerprint density at radius 3 is 2.35 bits per heavy atom. The van der Waals surface area contributed by atoms with Crippen molar-refractivity contribution in [3.8, 4) is 0 Å². The van der Waals surface area contributed by atoms with E-state index in [1.165, 1.54) is 0 Å². The van der Waals surface area contributed by atoms with Crippen LogP contribution in [0.4, 0.5) is 13.2 Å². The predicted molar refractivity (Wildman–Crippen MR) is 78.8 cm³/mol. The summed E-state index contributed by atoms with van der Waals surface area (Å²) in [7, 11) is 0. The van der Waals surface area contributed by atoms with Gasteiger partial charge in [-0.25, -0.2) is 0 Å². The van der Waals surface area contributed by atoms with Crippen molar-refractivity contribution < 1.29 is 28.1 Å². The maximum atomic E-state index is 12.7. The van der Waals surface area contributed by atoms with Crippen LogP contribution in [0.3, 0.4) is 0 Å². The molecule has 1 heterocycles. The van der Waals surface area contributed by atoms with Gasteiger partial charge in [-0.05, 0) is 18.4 Å². The largest absolute Gasteiger partial charge is 0.417 e. The summed E-state index contributed by atoms with van der Waals surface area (Å²) in [6.45, 7) is 0.945. The van der Waals surface area contributed by atoms with Gasteiger partial charge in [0.15, 0.2) is 5.60 Å². The molecule has 2 rings (SSSR count). The van der Waals surface area contributed by atoms with Gasteiger partial charge < -0.3 is 19.8 Å². The summed E-state index contributed by atoms with van der Waals surface area (Å²) < 4.78 is 43.5. The minimum absolute atomic E-state index is 0.103. The molecule has 1 aromatic carbocycles. The van der Waals surface area contributed by atoms with Gasteiger partial charge in [-0.15, -0.1) is 0 Å². The van der Waals surface area contributed by atoms with Gasteiger partial charge in [0, 0.05) is 19.6 Å². The summed E-state index contributed by atoms with van der Waals surface area (Å²) in [5, 5.41) is 19.5. The van der Waals surface area contributed by atoms with E-state index in [2.05, 4.69) is 0 Å². The number of aliphatic hydroxyl groups excluding tert-OH is 1. The standard InChI is InChI=1S/C16H22F3NO3/c17-16(18,19)15(22)6-8-20(9-7-15)10-14(21)12-23-11-13-4-2-1-3-5-13/h1-5,14,21-22H,6-12H2. The summed E-state index contributed by atoms with van der Waals surface area (Å²) >= 11 is 0. The average Bonchev–Trinajstić information content (AvgIpc) is 2.50. The monoisotopic (exact) mass is 333 g/mol. The van der Waals surface area contributed by atoms with E-state index in [-0.39, 0.29) is 39.1 Å². The van der Waals surface area contributed by atoms with Gasteiger partial charge in [-0.2, -0.15) is 13.2 Å². The third kappa shape index (κ3) is 5.17. The molecule has 1 aromatic rings. The van der Waals surface area contributed by atoms with Gasteiger partial charge in [-0.3, -0.25) is 0 Å². The molecular formula is C16H22F3NO3. The Labute approximate surface area is 133 Å². The lowest BCUT2D eigenvalue weighted by atomic mass is 9.90. The summed E-state index contributed by atoms with van der Waals surface area (Å²) in [6.07, 6.45) is -6.10. The molecule has 1 atom stereocenters. The highest BCUT2D eigenvalue weighted by Crippen LogP contribution is 2.38. The predicted octanol–water partition coefficient (Wildman–Crippen LogP) is 1.95. The van der Waals surface area contributed by atoms with Crippen molar-refractivity contribution in [2.24, 2.45) is 0 Å². The van der Waals surface area contributed by atoms with Crippen molar-refractivity contribution in [2.45, 2.75) is 37.3 Å². The van der Waals surface area contributed by atoms with Crippen molar-refractivity contribution in [1.29, 1.82) is 0 Å². The molecule has 0 aliphatic carbocycles. The quantitative estimate of drug-likeness (QED) is 0.836. The zero-order valence-corrected chi connectivity index (χ0v) is 12.8. The summed E-state index contributed by atoms with van der Waals surface area (Å²) in [5.74, 6) is 0. The Hall–Kier alpha value is -1.15. The average molecular weight is 333 g/mol. The summed E-state index contributed by atoms with van der Waals surface area (Å²) in [5.41, 5.74) is -1.61. The van der Waals surface area contributed by atoms with Crippen molar-refractivity contribution in [2.75, 3.05) is 26.2 Å². The molecule has 4 nitrogen and oxygen atoms in total. The van der Waals surface area contributed by atoms with Crippen molar-refractivity contribution in [3.63, 3.8) is 0 Å². The minimum Gasteiger partial charge on any atom is -0.389 e. The molecule has 130 valence electrons. The van der Waals surface area contributed by atoms with Crippen LogP contribution in [0.15, 0.2) is 30.3 Å². The number of likely N-dealkylation sites (tertiary alicyclic amines) is 1. The zero-order chi connectivity index (χ0) is 16.9. The van der Waals surface area contributed by atoms with Crippen LogP contribution in [0, 0.1) is 0 Å². The first kappa shape index (κ1) is 18.2. The van der Waals surface area contributed by atoms with E-state index >= 15 is 0 Å². The first-order valence-corrected chi connectivity index (χ1v) is 7.61. The molecular weight excluding hydrogens is 311 g/mol. The molecule has 7 heteroatoms. The van der Waals surface area contributed by atoms with E-state index in [9.17, 15) is 23.4 Å². The number of hydrogen-bond acceptors (Lipinski definition) is 4. The number of β-amino-alcohol motifs (C(OH)–C–C–N with tert-alkyl or cyclic N) is 1. The molecule has 0 aromatic heterocycles. The van der Waals surface area contributed by atoms with Crippen molar-refractivity contribution in [3.05, 3.63) is 35.9 Å². The van der Waals surface area contributed by atoms with E-state index in [4.69, 9.17) is 4.74 Å². The van der Waals surface area contributed by atoms with Crippen LogP contribution < -0.4 is 0 Å². The number of rotatable bonds is 6. The van der Waals surface area contributed by atoms with Crippen LogP contribution in [0.1, 0.15) is 18.4 Å². The Morgan fingerprint density at radius 1 is 1.17 bits per heavy atom. The molecule has 2 N–H and O–H groups in total. The van der Waals surface area contributed by atoms with E-state index in [0.717, 1.165) is 5.56 Å².